The number of aromatic amines is 1. The maximum Gasteiger partial charge on any atom is 0.328 e. The largest absolute Gasteiger partial charge is 0.342 e. The van der Waals surface area contributed by atoms with Crippen molar-refractivity contribution in [3.05, 3.63) is 44.8 Å². The number of nitrogens with one attached hydrogen (secondary N) is 1. The van der Waals surface area contributed by atoms with Crippen LogP contribution in [0.2, 0.25) is 0 Å². The summed E-state index contributed by atoms with van der Waals surface area (Å²) >= 11 is 0. The molecule has 1 N–H and O–H groups in total. The third-order valence-electron chi connectivity index (χ3n) is 4.75. The third kappa shape index (κ3) is 3.05. The molecule has 2 atom stereocenters. The van der Waals surface area contributed by atoms with Gasteiger partial charge in [-0.1, -0.05) is 11.6 Å². The summed E-state index contributed by atoms with van der Waals surface area (Å²) in [5, 5.41) is 0. The van der Waals surface area contributed by atoms with E-state index >= 15 is 0 Å². The van der Waals surface area contributed by atoms with Crippen LogP contribution in [0.3, 0.4) is 0 Å². The number of carbonyl (C=O) groups is 1. The fraction of sp³-hybridized carbons (Fsp3) is 0.562. The predicted octanol–water partition coefficient (Wildman–Crippen LogP) is 0.741. The number of carbonyl (C=O) groups excluding carboxylic acids is 1. The van der Waals surface area contributed by atoms with E-state index in [9.17, 15) is 14.4 Å². The van der Waals surface area contributed by atoms with Crippen LogP contribution in [0, 0.1) is 11.8 Å². The molecule has 1 aliphatic heterocycles. The van der Waals surface area contributed by atoms with Crippen LogP contribution in [-0.2, 0) is 11.3 Å². The number of aromatic nitrogens is 2. The van der Waals surface area contributed by atoms with Crippen molar-refractivity contribution in [3.63, 3.8) is 0 Å². The van der Waals surface area contributed by atoms with Crippen LogP contribution < -0.4 is 11.2 Å². The summed E-state index contributed by atoms with van der Waals surface area (Å²) in [6, 6.07) is 1.30. The molecule has 3 rings (SSSR count). The topological polar surface area (TPSA) is 75.2 Å². The maximum absolute atomic E-state index is 12.3. The summed E-state index contributed by atoms with van der Waals surface area (Å²) in [7, 11) is 0. The zero-order chi connectivity index (χ0) is 15.7. The Morgan fingerprint density at radius 1 is 1.32 bits per heavy atom. The number of likely N-dealkylation sites (tertiary alicyclic amines) is 1. The second-order valence-corrected chi connectivity index (χ2v) is 6.36. The molecule has 2 aliphatic rings. The fourth-order valence-electron chi connectivity index (χ4n) is 3.48. The van der Waals surface area contributed by atoms with Crippen LogP contribution in [0.15, 0.2) is 33.5 Å². The minimum Gasteiger partial charge on any atom is -0.342 e. The Labute approximate surface area is 128 Å². The SMILES string of the molecule is CC1=CC[C@@H]2CN(C(=O)CCn3ccc(=O)[nH]c3=O)C[C@@H]2C1. The van der Waals surface area contributed by atoms with E-state index in [-0.39, 0.29) is 12.3 Å². The molecule has 1 amide bonds. The average molecular weight is 303 g/mol. The first-order chi connectivity index (χ1) is 10.5. The van der Waals surface area contributed by atoms with E-state index in [1.54, 1.807) is 0 Å². The summed E-state index contributed by atoms with van der Waals surface area (Å²) in [4.78, 5) is 39.1. The molecule has 6 heteroatoms. The zero-order valence-electron chi connectivity index (χ0n) is 12.7. The van der Waals surface area contributed by atoms with Crippen molar-refractivity contribution in [1.82, 2.24) is 14.5 Å². The first kappa shape index (κ1) is 14.8. The van der Waals surface area contributed by atoms with Crippen molar-refractivity contribution in [1.29, 1.82) is 0 Å². The van der Waals surface area contributed by atoms with Crippen LogP contribution >= 0.6 is 0 Å². The summed E-state index contributed by atoms with van der Waals surface area (Å²) in [5.41, 5.74) is 0.546. The number of H-pyrrole nitrogens is 1. The summed E-state index contributed by atoms with van der Waals surface area (Å²) < 4.78 is 1.37. The van der Waals surface area contributed by atoms with E-state index in [1.165, 1.54) is 22.4 Å². The van der Waals surface area contributed by atoms with Gasteiger partial charge in [0.15, 0.2) is 0 Å². The zero-order valence-corrected chi connectivity index (χ0v) is 12.7. The smallest absolute Gasteiger partial charge is 0.328 e. The number of rotatable bonds is 3. The van der Waals surface area contributed by atoms with E-state index in [0.717, 1.165) is 25.9 Å². The lowest BCUT2D eigenvalue weighted by Gasteiger charge is -2.21. The van der Waals surface area contributed by atoms with E-state index in [1.807, 2.05) is 4.90 Å². The minimum absolute atomic E-state index is 0.0881. The second-order valence-electron chi connectivity index (χ2n) is 6.36. The normalized spacial score (nSPS) is 24.0. The Balaban J connectivity index is 1.57. The van der Waals surface area contributed by atoms with Crippen LogP contribution in [0.1, 0.15) is 26.2 Å². The number of amides is 1. The Kier molecular flexibility index (Phi) is 4.00. The Morgan fingerprint density at radius 3 is 2.86 bits per heavy atom. The van der Waals surface area contributed by atoms with E-state index in [2.05, 4.69) is 18.0 Å². The van der Waals surface area contributed by atoms with Gasteiger partial charge in [-0.3, -0.25) is 14.6 Å². The first-order valence-corrected chi connectivity index (χ1v) is 7.76. The highest BCUT2D eigenvalue weighted by Gasteiger charge is 2.35. The molecule has 1 aliphatic carbocycles. The Morgan fingerprint density at radius 2 is 2.09 bits per heavy atom. The number of hydrogen-bond donors (Lipinski definition) is 1. The molecule has 2 heterocycles. The van der Waals surface area contributed by atoms with E-state index in [4.69, 9.17) is 0 Å². The molecule has 0 radical (unpaired) electrons. The standard InChI is InChI=1S/C16H21N3O3/c1-11-2-3-12-9-19(10-13(12)8-11)15(21)5-7-18-6-4-14(20)17-16(18)22/h2,4,6,12-13H,3,5,7-10H2,1H3,(H,17,20,22)/t12-,13+/m1/s1. The molecular formula is C16H21N3O3. The highest BCUT2D eigenvalue weighted by Crippen LogP contribution is 2.35. The molecule has 1 aromatic heterocycles. The van der Waals surface area contributed by atoms with Crippen LogP contribution in [0.5, 0.6) is 0 Å². The van der Waals surface area contributed by atoms with Crippen molar-refractivity contribution in [2.45, 2.75) is 32.7 Å². The number of nitrogens with zero attached hydrogens (tertiary/aromatic N) is 2. The molecule has 0 aromatic carbocycles. The minimum atomic E-state index is -0.463. The lowest BCUT2D eigenvalue weighted by molar-refractivity contribution is -0.130. The molecule has 0 spiro atoms. The predicted molar refractivity (Wildman–Crippen MR) is 82.5 cm³/mol. The van der Waals surface area contributed by atoms with E-state index in [0.29, 0.717) is 18.4 Å². The van der Waals surface area contributed by atoms with Crippen molar-refractivity contribution >= 4 is 5.91 Å². The van der Waals surface area contributed by atoms with E-state index < -0.39 is 11.2 Å². The first-order valence-electron chi connectivity index (χ1n) is 7.76. The van der Waals surface area contributed by atoms with Gasteiger partial charge in [0.25, 0.3) is 5.56 Å². The number of fused-ring (bicyclic) bond motifs is 1. The second kappa shape index (κ2) is 5.94. The van der Waals surface area contributed by atoms with Gasteiger partial charge in [-0.15, -0.1) is 0 Å². The average Bonchev–Trinajstić information content (AvgIpc) is 2.89. The van der Waals surface area contributed by atoms with Gasteiger partial charge in [0.05, 0.1) is 0 Å². The number of hydrogen-bond acceptors (Lipinski definition) is 3. The fourth-order valence-corrected chi connectivity index (χ4v) is 3.48. The molecule has 22 heavy (non-hydrogen) atoms. The highest BCUT2D eigenvalue weighted by molar-refractivity contribution is 5.76. The molecule has 1 fully saturated rings. The van der Waals surface area contributed by atoms with Gasteiger partial charge >= 0.3 is 5.69 Å². The quantitative estimate of drug-likeness (QED) is 0.837. The summed E-state index contributed by atoms with van der Waals surface area (Å²) in [6.45, 7) is 4.11. The molecule has 118 valence electrons. The van der Waals surface area contributed by atoms with Crippen LogP contribution in [0.25, 0.3) is 0 Å². The van der Waals surface area contributed by atoms with Gasteiger partial charge in [0.1, 0.15) is 0 Å². The highest BCUT2D eigenvalue weighted by atomic mass is 16.2. The van der Waals surface area contributed by atoms with Crippen molar-refractivity contribution in [3.8, 4) is 0 Å². The molecule has 0 unspecified atom stereocenters. The van der Waals surface area contributed by atoms with Crippen LogP contribution in [0.4, 0.5) is 0 Å². The van der Waals surface area contributed by atoms with Gasteiger partial charge in [0.2, 0.25) is 5.91 Å². The van der Waals surface area contributed by atoms with Gasteiger partial charge in [0, 0.05) is 38.3 Å². The molecular weight excluding hydrogens is 282 g/mol. The molecule has 0 bridgehead atoms. The monoisotopic (exact) mass is 303 g/mol. The summed E-state index contributed by atoms with van der Waals surface area (Å²) in [6.07, 6.45) is 6.17. The lowest BCUT2D eigenvalue weighted by atomic mass is 9.83. The maximum atomic E-state index is 12.3. The molecule has 1 aromatic rings. The lowest BCUT2D eigenvalue weighted by Crippen LogP contribution is -2.33. The van der Waals surface area contributed by atoms with Crippen molar-refractivity contribution in [2.24, 2.45) is 11.8 Å². The number of allylic oxidation sites excluding steroid dienone is 2. The molecule has 0 saturated carbocycles. The van der Waals surface area contributed by atoms with Gasteiger partial charge in [-0.2, -0.15) is 0 Å². The van der Waals surface area contributed by atoms with Crippen LogP contribution in [-0.4, -0.2) is 33.4 Å². The third-order valence-corrected chi connectivity index (χ3v) is 4.75. The number of aryl methyl sites for hydroxylation is 1. The van der Waals surface area contributed by atoms with Gasteiger partial charge in [-0.05, 0) is 31.6 Å². The van der Waals surface area contributed by atoms with Gasteiger partial charge < -0.3 is 9.47 Å². The Hall–Kier alpha value is -2.11. The van der Waals surface area contributed by atoms with Gasteiger partial charge in [-0.25, -0.2) is 4.79 Å². The molecule has 6 nitrogen and oxygen atoms in total. The Bertz CT molecular complexity index is 716. The molecule has 1 saturated heterocycles. The van der Waals surface area contributed by atoms with Crippen molar-refractivity contribution in [2.75, 3.05) is 13.1 Å². The summed E-state index contributed by atoms with van der Waals surface area (Å²) in [5.74, 6) is 1.26. The van der Waals surface area contributed by atoms with Crippen molar-refractivity contribution < 1.29 is 4.79 Å².